The van der Waals surface area contributed by atoms with Gasteiger partial charge in [-0.3, -0.25) is 0 Å². The minimum atomic E-state index is 0.179. The van der Waals surface area contributed by atoms with Crippen molar-refractivity contribution in [2.45, 2.75) is 57.5 Å². The van der Waals surface area contributed by atoms with Crippen LogP contribution in [0.5, 0.6) is 0 Å². The third-order valence-electron chi connectivity index (χ3n) is 5.10. The van der Waals surface area contributed by atoms with E-state index in [1.807, 2.05) is 0 Å². The van der Waals surface area contributed by atoms with E-state index >= 15 is 0 Å². The molecule has 2 fully saturated rings. The molecule has 0 radical (unpaired) electrons. The standard InChI is InChI=1S/C17H26N2/c1-2-15(18)14-8-4-6-10-17(14)19-12-11-13-7-3-5-9-16(13)19/h4,6,8,10,13,15-16H,2-3,5,7,9,11-12,18H2,1H3/t13?,15-,16?/m1/s1. The first kappa shape index (κ1) is 13.0. The van der Waals surface area contributed by atoms with E-state index < -0.39 is 0 Å². The van der Waals surface area contributed by atoms with Crippen LogP contribution >= 0.6 is 0 Å². The van der Waals surface area contributed by atoms with E-state index in [1.165, 1.54) is 49.9 Å². The minimum absolute atomic E-state index is 0.179. The molecule has 2 N–H and O–H groups in total. The fourth-order valence-electron chi connectivity index (χ4n) is 3.99. The van der Waals surface area contributed by atoms with Crippen molar-refractivity contribution < 1.29 is 0 Å². The van der Waals surface area contributed by atoms with Gasteiger partial charge < -0.3 is 10.6 Å². The average molecular weight is 258 g/mol. The van der Waals surface area contributed by atoms with Gasteiger partial charge in [-0.2, -0.15) is 0 Å². The van der Waals surface area contributed by atoms with Crippen molar-refractivity contribution in [1.29, 1.82) is 0 Å². The van der Waals surface area contributed by atoms with Crippen LogP contribution in [-0.4, -0.2) is 12.6 Å². The Bertz CT molecular complexity index is 429. The number of anilines is 1. The summed E-state index contributed by atoms with van der Waals surface area (Å²) in [5, 5.41) is 0. The summed E-state index contributed by atoms with van der Waals surface area (Å²) in [6.45, 7) is 3.40. The van der Waals surface area contributed by atoms with E-state index in [0.717, 1.165) is 18.4 Å². The second-order valence-corrected chi connectivity index (χ2v) is 6.17. The summed E-state index contributed by atoms with van der Waals surface area (Å²) in [5.74, 6) is 0.930. The minimum Gasteiger partial charge on any atom is -0.368 e. The molecule has 2 unspecified atom stereocenters. The lowest BCUT2D eigenvalue weighted by atomic mass is 9.85. The molecule has 1 heterocycles. The number of fused-ring (bicyclic) bond motifs is 1. The highest BCUT2D eigenvalue weighted by Gasteiger charge is 2.36. The van der Waals surface area contributed by atoms with Crippen LogP contribution in [0.1, 0.15) is 57.1 Å². The van der Waals surface area contributed by atoms with Crippen molar-refractivity contribution in [2.24, 2.45) is 11.7 Å². The van der Waals surface area contributed by atoms with Gasteiger partial charge in [0.25, 0.3) is 0 Å². The number of rotatable bonds is 3. The van der Waals surface area contributed by atoms with Crippen molar-refractivity contribution in [3.8, 4) is 0 Å². The number of hydrogen-bond donors (Lipinski definition) is 1. The molecule has 19 heavy (non-hydrogen) atoms. The quantitative estimate of drug-likeness (QED) is 0.892. The Morgan fingerprint density at radius 1 is 1.21 bits per heavy atom. The zero-order valence-corrected chi connectivity index (χ0v) is 12.0. The van der Waals surface area contributed by atoms with Gasteiger partial charge in [-0.1, -0.05) is 38.0 Å². The Morgan fingerprint density at radius 3 is 2.84 bits per heavy atom. The summed E-state index contributed by atoms with van der Waals surface area (Å²) in [4.78, 5) is 2.66. The largest absolute Gasteiger partial charge is 0.368 e. The maximum atomic E-state index is 6.30. The number of para-hydroxylation sites is 1. The molecule has 0 aromatic heterocycles. The lowest BCUT2D eigenvalue weighted by Gasteiger charge is -2.35. The molecular formula is C17H26N2. The number of nitrogens with zero attached hydrogens (tertiary/aromatic N) is 1. The van der Waals surface area contributed by atoms with Crippen LogP contribution in [-0.2, 0) is 0 Å². The molecule has 2 aliphatic rings. The fraction of sp³-hybridized carbons (Fsp3) is 0.647. The van der Waals surface area contributed by atoms with Crippen molar-refractivity contribution in [3.63, 3.8) is 0 Å². The van der Waals surface area contributed by atoms with Gasteiger partial charge in [0, 0.05) is 24.3 Å². The molecule has 3 rings (SSSR count). The maximum Gasteiger partial charge on any atom is 0.0417 e. The molecule has 2 heteroatoms. The first-order valence-electron chi connectivity index (χ1n) is 7.92. The molecule has 1 aromatic rings. The number of hydrogen-bond acceptors (Lipinski definition) is 2. The molecular weight excluding hydrogens is 232 g/mol. The fourth-order valence-corrected chi connectivity index (χ4v) is 3.99. The Morgan fingerprint density at radius 2 is 2.00 bits per heavy atom. The van der Waals surface area contributed by atoms with Crippen LogP contribution in [0, 0.1) is 5.92 Å². The maximum absolute atomic E-state index is 6.30. The molecule has 1 aliphatic carbocycles. The second kappa shape index (κ2) is 5.54. The molecule has 0 bridgehead atoms. The summed E-state index contributed by atoms with van der Waals surface area (Å²) in [7, 11) is 0. The highest BCUT2D eigenvalue weighted by atomic mass is 15.2. The predicted octanol–water partition coefficient (Wildman–Crippen LogP) is 3.87. The lowest BCUT2D eigenvalue weighted by Crippen LogP contribution is -2.35. The van der Waals surface area contributed by atoms with Crippen LogP contribution in [0.4, 0.5) is 5.69 Å². The summed E-state index contributed by atoms with van der Waals surface area (Å²) in [6, 6.07) is 9.75. The van der Waals surface area contributed by atoms with Crippen molar-refractivity contribution in [2.75, 3.05) is 11.4 Å². The van der Waals surface area contributed by atoms with Crippen LogP contribution < -0.4 is 10.6 Å². The highest BCUT2D eigenvalue weighted by molar-refractivity contribution is 5.56. The average Bonchev–Trinajstić information content (AvgIpc) is 2.90. The van der Waals surface area contributed by atoms with Crippen LogP contribution in [0.3, 0.4) is 0 Å². The first-order valence-corrected chi connectivity index (χ1v) is 7.92. The topological polar surface area (TPSA) is 29.3 Å². The summed E-state index contributed by atoms with van der Waals surface area (Å²) in [6.07, 6.45) is 8.04. The highest BCUT2D eigenvalue weighted by Crippen LogP contribution is 2.40. The van der Waals surface area contributed by atoms with Gasteiger partial charge in [-0.05, 0) is 43.2 Å². The predicted molar refractivity (Wildman–Crippen MR) is 81.4 cm³/mol. The zero-order valence-electron chi connectivity index (χ0n) is 12.0. The molecule has 104 valence electrons. The van der Waals surface area contributed by atoms with Gasteiger partial charge in [0.1, 0.15) is 0 Å². The summed E-state index contributed by atoms with van der Waals surface area (Å²) >= 11 is 0. The molecule has 1 aromatic carbocycles. The van der Waals surface area contributed by atoms with Gasteiger partial charge in [0.05, 0.1) is 0 Å². The van der Waals surface area contributed by atoms with Gasteiger partial charge in [0.15, 0.2) is 0 Å². The van der Waals surface area contributed by atoms with Crippen molar-refractivity contribution in [1.82, 2.24) is 0 Å². The number of benzene rings is 1. The van der Waals surface area contributed by atoms with Gasteiger partial charge in [-0.25, -0.2) is 0 Å². The van der Waals surface area contributed by atoms with E-state index in [1.54, 1.807) is 0 Å². The zero-order chi connectivity index (χ0) is 13.2. The van der Waals surface area contributed by atoms with Crippen molar-refractivity contribution in [3.05, 3.63) is 29.8 Å². The van der Waals surface area contributed by atoms with Crippen LogP contribution in [0.15, 0.2) is 24.3 Å². The Labute approximate surface area is 117 Å². The van der Waals surface area contributed by atoms with E-state index in [2.05, 4.69) is 36.1 Å². The Kier molecular flexibility index (Phi) is 3.79. The lowest BCUT2D eigenvalue weighted by molar-refractivity contribution is 0.342. The second-order valence-electron chi connectivity index (χ2n) is 6.17. The Hall–Kier alpha value is -1.02. The van der Waals surface area contributed by atoms with Gasteiger partial charge in [0.2, 0.25) is 0 Å². The van der Waals surface area contributed by atoms with Crippen LogP contribution in [0.25, 0.3) is 0 Å². The van der Waals surface area contributed by atoms with E-state index in [9.17, 15) is 0 Å². The van der Waals surface area contributed by atoms with E-state index in [0.29, 0.717) is 0 Å². The Balaban J connectivity index is 1.89. The molecule has 0 amide bonds. The molecule has 3 atom stereocenters. The molecule has 2 nitrogen and oxygen atoms in total. The third kappa shape index (κ3) is 2.38. The summed E-state index contributed by atoms with van der Waals surface area (Å²) in [5.41, 5.74) is 9.06. The smallest absolute Gasteiger partial charge is 0.0417 e. The van der Waals surface area contributed by atoms with E-state index in [-0.39, 0.29) is 6.04 Å². The van der Waals surface area contributed by atoms with Gasteiger partial charge >= 0.3 is 0 Å². The monoisotopic (exact) mass is 258 g/mol. The molecule has 1 saturated heterocycles. The van der Waals surface area contributed by atoms with E-state index in [4.69, 9.17) is 5.73 Å². The normalized spacial score (nSPS) is 28.2. The SMILES string of the molecule is CC[C@@H](N)c1ccccc1N1CCC2CCCCC21. The molecule has 1 saturated carbocycles. The summed E-state index contributed by atoms with van der Waals surface area (Å²) < 4.78 is 0. The molecule has 0 spiro atoms. The van der Waals surface area contributed by atoms with Crippen molar-refractivity contribution >= 4 is 5.69 Å². The first-order chi connectivity index (χ1) is 9.31. The van der Waals surface area contributed by atoms with Crippen LogP contribution in [0.2, 0.25) is 0 Å². The molecule has 1 aliphatic heterocycles. The number of nitrogens with two attached hydrogens (primary N) is 1. The van der Waals surface area contributed by atoms with Gasteiger partial charge in [-0.15, -0.1) is 0 Å². The third-order valence-corrected chi connectivity index (χ3v) is 5.10.